The van der Waals surface area contributed by atoms with Crippen LogP contribution in [0.4, 0.5) is 0 Å². The number of unbranched alkanes of at least 4 members (excludes halogenated alkanes) is 2. The summed E-state index contributed by atoms with van der Waals surface area (Å²) < 4.78 is 10.3. The molecule has 0 radical (unpaired) electrons. The Labute approximate surface area is 99.5 Å². The summed E-state index contributed by atoms with van der Waals surface area (Å²) in [5, 5.41) is 9.97. The van der Waals surface area contributed by atoms with E-state index in [4.69, 9.17) is 9.47 Å². The van der Waals surface area contributed by atoms with Gasteiger partial charge in [0.25, 0.3) is 0 Å². The zero-order chi connectivity index (χ0) is 12.2. The van der Waals surface area contributed by atoms with Crippen molar-refractivity contribution in [2.45, 2.75) is 57.7 Å². The average Bonchev–Trinajstić information content (AvgIpc) is 2.29. The third-order valence-corrected chi connectivity index (χ3v) is 2.59. The van der Waals surface area contributed by atoms with Crippen LogP contribution in [-0.2, 0) is 9.47 Å². The van der Waals surface area contributed by atoms with Crippen molar-refractivity contribution in [3.63, 3.8) is 0 Å². The predicted molar refractivity (Wildman–Crippen MR) is 66.3 cm³/mol. The van der Waals surface area contributed by atoms with Crippen LogP contribution in [0.25, 0.3) is 0 Å². The molecule has 0 aromatic rings. The minimum Gasteiger partial charge on any atom is -0.390 e. The Bertz CT molecular complexity index is 159. The molecule has 0 rings (SSSR count). The van der Waals surface area contributed by atoms with Crippen molar-refractivity contribution in [2.24, 2.45) is 0 Å². The van der Waals surface area contributed by atoms with Crippen molar-refractivity contribution in [3.05, 3.63) is 12.7 Å². The fourth-order valence-electron chi connectivity index (χ4n) is 1.61. The fourth-order valence-corrected chi connectivity index (χ4v) is 1.61. The fraction of sp³-hybridized carbons (Fsp3) is 0.846. The molecule has 96 valence electrons. The summed E-state index contributed by atoms with van der Waals surface area (Å²) in [6.45, 7) is 6.08. The average molecular weight is 230 g/mol. The van der Waals surface area contributed by atoms with Gasteiger partial charge in [-0.15, -0.1) is 6.58 Å². The third-order valence-electron chi connectivity index (χ3n) is 2.59. The molecule has 16 heavy (non-hydrogen) atoms. The normalized spacial score (nSPS) is 14.7. The molecule has 1 N–H and O–H groups in total. The van der Waals surface area contributed by atoms with Crippen LogP contribution in [0.1, 0.15) is 45.4 Å². The van der Waals surface area contributed by atoms with Crippen LogP contribution in [0.5, 0.6) is 0 Å². The molecule has 0 saturated carbocycles. The summed E-state index contributed by atoms with van der Waals surface area (Å²) in [6, 6.07) is 0. The van der Waals surface area contributed by atoms with Gasteiger partial charge in [0.15, 0.2) is 0 Å². The molecule has 0 fully saturated rings. The van der Waals surface area contributed by atoms with Gasteiger partial charge >= 0.3 is 0 Å². The van der Waals surface area contributed by atoms with Crippen LogP contribution >= 0.6 is 0 Å². The number of hydrogen-bond acceptors (Lipinski definition) is 3. The van der Waals surface area contributed by atoms with Gasteiger partial charge in [-0.2, -0.15) is 0 Å². The lowest BCUT2D eigenvalue weighted by Gasteiger charge is -2.22. The van der Waals surface area contributed by atoms with Gasteiger partial charge in [0, 0.05) is 7.11 Å². The van der Waals surface area contributed by atoms with Gasteiger partial charge < -0.3 is 14.6 Å². The van der Waals surface area contributed by atoms with Gasteiger partial charge in [0.05, 0.1) is 12.2 Å². The van der Waals surface area contributed by atoms with E-state index in [1.54, 1.807) is 7.11 Å². The predicted octanol–water partition coefficient (Wildman–Crippen LogP) is 2.88. The van der Waals surface area contributed by atoms with Crippen molar-refractivity contribution in [3.8, 4) is 0 Å². The molecule has 0 amide bonds. The van der Waals surface area contributed by atoms with Crippen LogP contribution < -0.4 is 0 Å². The monoisotopic (exact) mass is 230 g/mol. The Morgan fingerprint density at radius 2 is 2.06 bits per heavy atom. The molecule has 0 aliphatic heterocycles. The van der Waals surface area contributed by atoms with E-state index in [0.717, 1.165) is 32.1 Å². The molecule has 0 aliphatic carbocycles. The van der Waals surface area contributed by atoms with E-state index >= 15 is 0 Å². The zero-order valence-electron chi connectivity index (χ0n) is 10.7. The second-order valence-electron chi connectivity index (χ2n) is 4.04. The summed E-state index contributed by atoms with van der Waals surface area (Å²) in [5.74, 6) is 0. The number of allylic oxidation sites excluding steroid dienone is 1. The second-order valence-corrected chi connectivity index (χ2v) is 4.04. The second kappa shape index (κ2) is 11.1. The molecule has 0 unspecified atom stereocenters. The first-order valence-electron chi connectivity index (χ1n) is 6.15. The first kappa shape index (κ1) is 15.6. The smallest absolute Gasteiger partial charge is 0.146 e. The van der Waals surface area contributed by atoms with E-state index in [-0.39, 0.29) is 19.0 Å². The van der Waals surface area contributed by atoms with Gasteiger partial charge in [-0.3, -0.25) is 0 Å². The van der Waals surface area contributed by atoms with Crippen molar-refractivity contribution < 1.29 is 14.6 Å². The van der Waals surface area contributed by atoms with Crippen LogP contribution in [0.3, 0.4) is 0 Å². The molecular formula is C13H26O3. The Hall–Kier alpha value is -0.380. The Kier molecular flexibility index (Phi) is 10.9. The summed E-state index contributed by atoms with van der Waals surface area (Å²) in [4.78, 5) is 0. The van der Waals surface area contributed by atoms with Crippen LogP contribution in [0.2, 0.25) is 0 Å². The lowest BCUT2D eigenvalue weighted by atomic mass is 10.0. The molecule has 0 bridgehead atoms. The highest BCUT2D eigenvalue weighted by Gasteiger charge is 2.18. The van der Waals surface area contributed by atoms with Crippen LogP contribution in [0, 0.1) is 0 Å². The van der Waals surface area contributed by atoms with E-state index in [1.165, 1.54) is 6.42 Å². The molecule has 0 spiro atoms. The number of ether oxygens (including phenoxy) is 2. The standard InChI is InChI=1S/C13H26O3/c1-4-6-8-9-12(14)13(10-7-5-2)16-11-15-3/h5,12-14H,2,4,6-11H2,1,3H3/t12-,13+/m1/s1. The first-order chi connectivity index (χ1) is 7.76. The van der Waals surface area contributed by atoms with Crippen molar-refractivity contribution >= 4 is 0 Å². The quantitative estimate of drug-likeness (QED) is 0.337. The maximum atomic E-state index is 9.97. The Morgan fingerprint density at radius 1 is 1.31 bits per heavy atom. The van der Waals surface area contributed by atoms with Crippen LogP contribution in [-0.4, -0.2) is 31.2 Å². The highest BCUT2D eigenvalue weighted by Crippen LogP contribution is 2.14. The first-order valence-corrected chi connectivity index (χ1v) is 6.15. The largest absolute Gasteiger partial charge is 0.390 e. The van der Waals surface area contributed by atoms with Crippen molar-refractivity contribution in [2.75, 3.05) is 13.9 Å². The van der Waals surface area contributed by atoms with Crippen molar-refractivity contribution in [1.82, 2.24) is 0 Å². The van der Waals surface area contributed by atoms with E-state index in [0.29, 0.717) is 0 Å². The maximum Gasteiger partial charge on any atom is 0.146 e. The summed E-state index contributed by atoms with van der Waals surface area (Å²) in [6.07, 6.45) is 7.19. The molecule has 0 aromatic heterocycles. The highest BCUT2D eigenvalue weighted by atomic mass is 16.7. The molecule has 3 nitrogen and oxygen atoms in total. The number of methoxy groups -OCH3 is 1. The van der Waals surface area contributed by atoms with E-state index < -0.39 is 0 Å². The van der Waals surface area contributed by atoms with Gasteiger partial charge in [-0.25, -0.2) is 0 Å². The van der Waals surface area contributed by atoms with Crippen LogP contribution in [0.15, 0.2) is 12.7 Å². The lowest BCUT2D eigenvalue weighted by Crippen LogP contribution is -2.29. The summed E-state index contributed by atoms with van der Waals surface area (Å²) in [5.41, 5.74) is 0. The minimum atomic E-state index is -0.387. The molecule has 2 atom stereocenters. The number of aliphatic hydroxyl groups is 1. The number of hydrogen-bond donors (Lipinski definition) is 1. The molecular weight excluding hydrogens is 204 g/mol. The van der Waals surface area contributed by atoms with Crippen molar-refractivity contribution in [1.29, 1.82) is 0 Å². The summed E-state index contributed by atoms with van der Waals surface area (Å²) >= 11 is 0. The number of rotatable bonds is 11. The Balaban J connectivity index is 3.87. The Morgan fingerprint density at radius 3 is 2.62 bits per heavy atom. The maximum absolute atomic E-state index is 9.97. The molecule has 0 aliphatic rings. The third kappa shape index (κ3) is 7.85. The van der Waals surface area contributed by atoms with Gasteiger partial charge in [-0.1, -0.05) is 32.3 Å². The van der Waals surface area contributed by atoms with E-state index in [1.807, 2.05) is 6.08 Å². The van der Waals surface area contributed by atoms with E-state index in [2.05, 4.69) is 13.5 Å². The van der Waals surface area contributed by atoms with Gasteiger partial charge in [0.1, 0.15) is 6.79 Å². The molecule has 0 saturated heterocycles. The minimum absolute atomic E-state index is 0.130. The summed E-state index contributed by atoms with van der Waals surface area (Å²) in [7, 11) is 1.59. The lowest BCUT2D eigenvalue weighted by molar-refractivity contribution is -0.116. The van der Waals surface area contributed by atoms with E-state index in [9.17, 15) is 5.11 Å². The van der Waals surface area contributed by atoms with Gasteiger partial charge in [0.2, 0.25) is 0 Å². The topological polar surface area (TPSA) is 38.7 Å². The molecule has 0 heterocycles. The number of aliphatic hydroxyl groups excluding tert-OH is 1. The van der Waals surface area contributed by atoms with Gasteiger partial charge in [-0.05, 0) is 19.3 Å². The molecule has 0 aromatic carbocycles. The SMILES string of the molecule is C=CCC[C@H](OCOC)[C@H](O)CCCCC. The highest BCUT2D eigenvalue weighted by molar-refractivity contribution is 4.75. The zero-order valence-corrected chi connectivity index (χ0v) is 10.7. The molecule has 3 heteroatoms.